The smallest absolute Gasteiger partial charge is 0.0722 e. The Bertz CT molecular complexity index is 813. The molecule has 2 aromatic rings. The summed E-state index contributed by atoms with van der Waals surface area (Å²) in [6.07, 6.45) is 15.0. The minimum absolute atomic E-state index is 0.660. The van der Waals surface area contributed by atoms with Gasteiger partial charge >= 0.3 is 0 Å². The van der Waals surface area contributed by atoms with E-state index in [9.17, 15) is 0 Å². The summed E-state index contributed by atoms with van der Waals surface area (Å²) in [6.45, 7) is 19.5. The molecule has 0 aromatic heterocycles. The molecule has 0 saturated carbocycles. The second kappa shape index (κ2) is 24.7. The van der Waals surface area contributed by atoms with Crippen LogP contribution < -0.4 is 0 Å². The highest BCUT2D eigenvalue weighted by molar-refractivity contribution is 5.70. The number of hydrogen-bond acceptors (Lipinski definition) is 4. The van der Waals surface area contributed by atoms with Crippen molar-refractivity contribution < 1.29 is 9.47 Å². The van der Waals surface area contributed by atoms with Crippen LogP contribution in [0.5, 0.6) is 0 Å². The van der Waals surface area contributed by atoms with Crippen LogP contribution >= 0.6 is 0 Å². The Morgan fingerprint density at radius 1 is 0.429 bits per heavy atom. The van der Waals surface area contributed by atoms with E-state index in [1.165, 1.54) is 126 Å². The summed E-state index contributed by atoms with van der Waals surface area (Å²) in [6, 6.07) is 17.4. The molecule has 0 aliphatic heterocycles. The van der Waals surface area contributed by atoms with Crippen molar-refractivity contribution in [3.05, 3.63) is 59.7 Å². The molecular formula is C38H64N2O2. The van der Waals surface area contributed by atoms with E-state index in [0.29, 0.717) is 13.2 Å². The summed E-state index contributed by atoms with van der Waals surface area (Å²) in [4.78, 5) is 5.30. The zero-order valence-electron chi connectivity index (χ0n) is 27.9. The maximum absolute atomic E-state index is 6.21. The molecule has 0 radical (unpaired) electrons. The first-order chi connectivity index (χ1) is 20.7. The number of unbranched alkanes of at least 4 members (excludes halogenated alkanes) is 6. The van der Waals surface area contributed by atoms with Crippen molar-refractivity contribution in [3.63, 3.8) is 0 Å². The fourth-order valence-electron chi connectivity index (χ4n) is 5.46. The van der Waals surface area contributed by atoms with E-state index in [-0.39, 0.29) is 0 Å². The van der Waals surface area contributed by atoms with Crippen molar-refractivity contribution in [1.29, 1.82) is 0 Å². The van der Waals surface area contributed by atoms with Gasteiger partial charge in [-0.05, 0) is 113 Å². The van der Waals surface area contributed by atoms with Crippen molar-refractivity contribution in [3.8, 4) is 11.1 Å². The van der Waals surface area contributed by atoms with Crippen molar-refractivity contribution in [2.24, 2.45) is 0 Å². The van der Waals surface area contributed by atoms with Crippen LogP contribution in [-0.4, -0.2) is 62.3 Å². The standard InChI is InChI=1S/C38H64N2O2/c1-5-9-25-39(26-10-6-2)29-17-19-31-41-33-35-21-13-15-23-37(35)38-24-16-14-22-36(38)34-42-32-20-18-30-40(27-11-7-3)28-12-8-4/h13-16,21-24H,5-12,17-20,25-34H2,1-4H3. The lowest BCUT2D eigenvalue weighted by atomic mass is 9.96. The van der Waals surface area contributed by atoms with E-state index in [0.717, 1.165) is 26.1 Å². The zero-order valence-corrected chi connectivity index (χ0v) is 27.9. The van der Waals surface area contributed by atoms with Gasteiger partial charge in [-0.1, -0.05) is 102 Å². The first-order valence-corrected chi connectivity index (χ1v) is 17.5. The van der Waals surface area contributed by atoms with Crippen LogP contribution in [0.1, 0.15) is 116 Å². The third-order valence-corrected chi connectivity index (χ3v) is 8.18. The maximum atomic E-state index is 6.21. The Hall–Kier alpha value is -1.72. The van der Waals surface area contributed by atoms with Gasteiger partial charge < -0.3 is 19.3 Å². The van der Waals surface area contributed by atoms with Gasteiger partial charge in [0.05, 0.1) is 13.2 Å². The minimum Gasteiger partial charge on any atom is -0.377 e. The molecule has 2 aromatic carbocycles. The second-order valence-electron chi connectivity index (χ2n) is 11.9. The Balaban J connectivity index is 1.79. The van der Waals surface area contributed by atoms with Crippen LogP contribution in [0.4, 0.5) is 0 Å². The third-order valence-electron chi connectivity index (χ3n) is 8.18. The van der Waals surface area contributed by atoms with Gasteiger partial charge in [-0.3, -0.25) is 0 Å². The van der Waals surface area contributed by atoms with Gasteiger partial charge in [0.25, 0.3) is 0 Å². The van der Waals surface area contributed by atoms with E-state index >= 15 is 0 Å². The third kappa shape index (κ3) is 15.7. The molecule has 42 heavy (non-hydrogen) atoms. The van der Waals surface area contributed by atoms with Gasteiger partial charge in [0.1, 0.15) is 0 Å². The summed E-state index contributed by atoms with van der Waals surface area (Å²) in [5.74, 6) is 0. The molecule has 0 N–H and O–H groups in total. The van der Waals surface area contributed by atoms with Gasteiger partial charge in [-0.2, -0.15) is 0 Å². The Labute approximate surface area is 260 Å². The van der Waals surface area contributed by atoms with Crippen molar-refractivity contribution in [1.82, 2.24) is 9.80 Å². The van der Waals surface area contributed by atoms with Gasteiger partial charge in [-0.15, -0.1) is 0 Å². The average Bonchev–Trinajstić information content (AvgIpc) is 3.02. The predicted molar refractivity (Wildman–Crippen MR) is 182 cm³/mol. The molecule has 0 atom stereocenters. The van der Waals surface area contributed by atoms with Crippen LogP contribution in [-0.2, 0) is 22.7 Å². The Morgan fingerprint density at radius 2 is 0.762 bits per heavy atom. The molecule has 0 spiro atoms. The SMILES string of the molecule is CCCCN(CCCC)CCCCOCc1ccccc1-c1ccccc1COCCCCN(CCCC)CCCC. The minimum atomic E-state index is 0.660. The predicted octanol–water partition coefficient (Wildman–Crippen LogP) is 9.75. The molecule has 0 heterocycles. The number of nitrogens with zero attached hydrogens (tertiary/aromatic N) is 2. The van der Waals surface area contributed by atoms with Gasteiger partial charge in [0.15, 0.2) is 0 Å². The zero-order chi connectivity index (χ0) is 30.1. The molecule has 0 saturated heterocycles. The van der Waals surface area contributed by atoms with Crippen LogP contribution in [0.25, 0.3) is 11.1 Å². The molecule has 0 bridgehead atoms. The number of benzene rings is 2. The highest BCUT2D eigenvalue weighted by Crippen LogP contribution is 2.28. The first-order valence-electron chi connectivity index (χ1n) is 17.5. The topological polar surface area (TPSA) is 24.9 Å². The molecule has 0 fully saturated rings. The van der Waals surface area contributed by atoms with E-state index < -0.39 is 0 Å². The van der Waals surface area contributed by atoms with Gasteiger partial charge in [0.2, 0.25) is 0 Å². The molecule has 238 valence electrons. The van der Waals surface area contributed by atoms with Crippen molar-refractivity contribution >= 4 is 0 Å². The normalized spacial score (nSPS) is 11.7. The van der Waals surface area contributed by atoms with Gasteiger partial charge in [0, 0.05) is 13.2 Å². The summed E-state index contributed by atoms with van der Waals surface area (Å²) in [7, 11) is 0. The number of rotatable bonds is 27. The van der Waals surface area contributed by atoms with E-state index in [4.69, 9.17) is 9.47 Å². The number of hydrogen-bond donors (Lipinski definition) is 0. The summed E-state index contributed by atoms with van der Waals surface area (Å²) in [5.41, 5.74) is 5.06. The fraction of sp³-hybridized carbons (Fsp3) is 0.684. The molecule has 0 aliphatic rings. The molecule has 0 unspecified atom stereocenters. The van der Waals surface area contributed by atoms with Crippen LogP contribution in [0.15, 0.2) is 48.5 Å². The lowest BCUT2D eigenvalue weighted by Gasteiger charge is -2.22. The van der Waals surface area contributed by atoms with E-state index in [2.05, 4.69) is 86.0 Å². The monoisotopic (exact) mass is 580 g/mol. The first kappa shape index (κ1) is 36.5. The second-order valence-corrected chi connectivity index (χ2v) is 11.9. The average molecular weight is 581 g/mol. The maximum Gasteiger partial charge on any atom is 0.0722 e. The Morgan fingerprint density at radius 3 is 1.12 bits per heavy atom. The molecule has 2 rings (SSSR count). The molecule has 0 aliphatic carbocycles. The quantitative estimate of drug-likeness (QED) is 0.0982. The largest absolute Gasteiger partial charge is 0.377 e. The van der Waals surface area contributed by atoms with E-state index in [1.54, 1.807) is 0 Å². The fourth-order valence-corrected chi connectivity index (χ4v) is 5.46. The Kier molecular flexibility index (Phi) is 21.4. The van der Waals surface area contributed by atoms with Crippen LogP contribution in [0, 0.1) is 0 Å². The molecular weight excluding hydrogens is 516 g/mol. The summed E-state index contributed by atoms with van der Waals surface area (Å²) >= 11 is 0. The van der Waals surface area contributed by atoms with E-state index in [1.807, 2.05) is 0 Å². The van der Waals surface area contributed by atoms with Crippen LogP contribution in [0.3, 0.4) is 0 Å². The summed E-state index contributed by atoms with van der Waals surface area (Å²) in [5, 5.41) is 0. The van der Waals surface area contributed by atoms with Crippen molar-refractivity contribution in [2.75, 3.05) is 52.5 Å². The lowest BCUT2D eigenvalue weighted by molar-refractivity contribution is 0.113. The molecule has 0 amide bonds. The lowest BCUT2D eigenvalue weighted by Crippen LogP contribution is -2.27. The van der Waals surface area contributed by atoms with Crippen molar-refractivity contribution in [2.45, 2.75) is 118 Å². The highest BCUT2D eigenvalue weighted by Gasteiger charge is 2.10. The summed E-state index contributed by atoms with van der Waals surface area (Å²) < 4.78 is 12.4. The number of ether oxygens (including phenoxy) is 2. The molecule has 4 heteroatoms. The molecule has 4 nitrogen and oxygen atoms in total. The van der Waals surface area contributed by atoms with Crippen LogP contribution in [0.2, 0.25) is 0 Å². The highest BCUT2D eigenvalue weighted by atomic mass is 16.5. The van der Waals surface area contributed by atoms with Gasteiger partial charge in [-0.25, -0.2) is 0 Å².